The summed E-state index contributed by atoms with van der Waals surface area (Å²) in [4.78, 5) is 0. The second-order valence-electron chi connectivity index (χ2n) is 5.25. The Morgan fingerprint density at radius 1 is 1.33 bits per heavy atom. The van der Waals surface area contributed by atoms with E-state index in [1.807, 2.05) is 6.07 Å². The molecule has 2 atom stereocenters. The average molecular weight is 249 g/mol. The van der Waals surface area contributed by atoms with Crippen LogP contribution in [0.3, 0.4) is 0 Å². The lowest BCUT2D eigenvalue weighted by Crippen LogP contribution is -2.39. The number of hydrogen-bond acceptors (Lipinski definition) is 3. The van der Waals surface area contributed by atoms with Gasteiger partial charge in [0.2, 0.25) is 0 Å². The molecule has 3 heteroatoms. The molecular weight excluding hydrogens is 226 g/mol. The third kappa shape index (κ3) is 2.85. The summed E-state index contributed by atoms with van der Waals surface area (Å²) >= 11 is 0. The molecule has 1 aromatic carbocycles. The molecule has 0 bridgehead atoms. The van der Waals surface area contributed by atoms with E-state index in [2.05, 4.69) is 38.2 Å². The van der Waals surface area contributed by atoms with Gasteiger partial charge >= 0.3 is 0 Å². The Labute approximate surface area is 109 Å². The molecule has 18 heavy (non-hydrogen) atoms. The van der Waals surface area contributed by atoms with Crippen LogP contribution in [0.1, 0.15) is 43.9 Å². The molecule has 1 aliphatic heterocycles. The highest BCUT2D eigenvalue weighted by Crippen LogP contribution is 2.32. The van der Waals surface area contributed by atoms with Crippen molar-refractivity contribution in [2.24, 2.45) is 0 Å². The smallest absolute Gasteiger partial charge is 0.124 e. The molecule has 0 spiro atoms. The summed E-state index contributed by atoms with van der Waals surface area (Å²) in [7, 11) is 1.72. The fourth-order valence-electron chi connectivity index (χ4n) is 2.34. The zero-order valence-corrected chi connectivity index (χ0v) is 11.7. The summed E-state index contributed by atoms with van der Waals surface area (Å²) in [5.74, 6) is 1.43. The van der Waals surface area contributed by atoms with Crippen molar-refractivity contribution in [1.29, 1.82) is 0 Å². The van der Waals surface area contributed by atoms with E-state index in [0.717, 1.165) is 24.4 Å². The first-order chi connectivity index (χ1) is 8.61. The quantitative estimate of drug-likeness (QED) is 0.893. The molecule has 1 aliphatic rings. The topological polar surface area (TPSA) is 30.5 Å². The summed E-state index contributed by atoms with van der Waals surface area (Å²) in [5.41, 5.74) is 2.48. The van der Waals surface area contributed by atoms with E-state index in [9.17, 15) is 0 Å². The molecular formula is C15H23NO2. The average Bonchev–Trinajstić information content (AvgIpc) is 2.38. The Hall–Kier alpha value is -1.06. The van der Waals surface area contributed by atoms with Gasteiger partial charge in [0.25, 0.3) is 0 Å². The van der Waals surface area contributed by atoms with Crippen molar-refractivity contribution in [2.45, 2.75) is 38.9 Å². The number of ether oxygens (including phenoxy) is 2. The largest absolute Gasteiger partial charge is 0.496 e. The van der Waals surface area contributed by atoms with E-state index < -0.39 is 0 Å². The Morgan fingerprint density at radius 2 is 2.11 bits per heavy atom. The first kappa shape index (κ1) is 13.4. The lowest BCUT2D eigenvalue weighted by atomic mass is 9.97. The Bertz CT molecular complexity index is 403. The summed E-state index contributed by atoms with van der Waals surface area (Å²) < 4.78 is 11.5. The molecule has 0 amide bonds. The highest BCUT2D eigenvalue weighted by atomic mass is 16.5. The second-order valence-corrected chi connectivity index (χ2v) is 5.25. The van der Waals surface area contributed by atoms with Crippen molar-refractivity contribution in [3.05, 3.63) is 29.3 Å². The van der Waals surface area contributed by atoms with Gasteiger partial charge in [-0.15, -0.1) is 0 Å². The third-order valence-corrected chi connectivity index (χ3v) is 3.43. The van der Waals surface area contributed by atoms with E-state index >= 15 is 0 Å². The van der Waals surface area contributed by atoms with Crippen LogP contribution in [0.25, 0.3) is 0 Å². The zero-order chi connectivity index (χ0) is 13.1. The zero-order valence-electron chi connectivity index (χ0n) is 11.7. The van der Waals surface area contributed by atoms with Crippen molar-refractivity contribution in [2.75, 3.05) is 20.2 Å². The van der Waals surface area contributed by atoms with Crippen LogP contribution in [-0.2, 0) is 4.74 Å². The number of hydrogen-bond donors (Lipinski definition) is 1. The number of benzene rings is 1. The van der Waals surface area contributed by atoms with Crippen molar-refractivity contribution < 1.29 is 9.47 Å². The van der Waals surface area contributed by atoms with Crippen LogP contribution in [-0.4, -0.2) is 26.3 Å². The van der Waals surface area contributed by atoms with Gasteiger partial charge in [-0.25, -0.2) is 0 Å². The standard InChI is InChI=1S/C15H23NO2/c1-10(2)12-5-6-14(17-4)13(7-12)15-9-16-8-11(3)18-15/h5-7,10-11,15-16H,8-9H2,1-4H3. The number of nitrogens with one attached hydrogen (secondary N) is 1. The van der Waals surface area contributed by atoms with Crippen LogP contribution in [0.2, 0.25) is 0 Å². The highest BCUT2D eigenvalue weighted by molar-refractivity contribution is 5.40. The van der Waals surface area contributed by atoms with Gasteiger partial charge in [-0.05, 0) is 30.5 Å². The molecule has 0 aromatic heterocycles. The van der Waals surface area contributed by atoms with Gasteiger partial charge in [-0.2, -0.15) is 0 Å². The van der Waals surface area contributed by atoms with Gasteiger partial charge in [0, 0.05) is 18.7 Å². The molecule has 3 nitrogen and oxygen atoms in total. The minimum absolute atomic E-state index is 0.0856. The van der Waals surface area contributed by atoms with E-state index in [0.29, 0.717) is 5.92 Å². The minimum atomic E-state index is 0.0856. The van der Waals surface area contributed by atoms with Crippen molar-refractivity contribution in [3.8, 4) is 5.75 Å². The predicted molar refractivity (Wildman–Crippen MR) is 73.2 cm³/mol. The van der Waals surface area contributed by atoms with Gasteiger partial charge < -0.3 is 14.8 Å². The molecule has 0 aliphatic carbocycles. The monoisotopic (exact) mass is 249 g/mol. The maximum absolute atomic E-state index is 6.01. The number of methoxy groups -OCH3 is 1. The molecule has 1 aromatic rings. The van der Waals surface area contributed by atoms with Crippen LogP contribution in [0.5, 0.6) is 5.75 Å². The van der Waals surface area contributed by atoms with Gasteiger partial charge in [0.05, 0.1) is 19.3 Å². The first-order valence-electron chi connectivity index (χ1n) is 6.65. The molecule has 2 unspecified atom stereocenters. The maximum Gasteiger partial charge on any atom is 0.124 e. The minimum Gasteiger partial charge on any atom is -0.496 e. The van der Waals surface area contributed by atoms with Crippen LogP contribution in [0.4, 0.5) is 0 Å². The number of rotatable bonds is 3. The lowest BCUT2D eigenvalue weighted by molar-refractivity contribution is -0.0297. The summed E-state index contributed by atoms with van der Waals surface area (Å²) in [5, 5.41) is 3.40. The molecule has 2 rings (SSSR count). The summed E-state index contributed by atoms with van der Waals surface area (Å²) in [6.07, 6.45) is 0.332. The first-order valence-corrected chi connectivity index (χ1v) is 6.65. The van der Waals surface area contributed by atoms with Crippen molar-refractivity contribution in [3.63, 3.8) is 0 Å². The Morgan fingerprint density at radius 3 is 2.72 bits per heavy atom. The lowest BCUT2D eigenvalue weighted by Gasteiger charge is -2.30. The van der Waals surface area contributed by atoms with Crippen molar-refractivity contribution in [1.82, 2.24) is 5.32 Å². The van der Waals surface area contributed by atoms with Crippen molar-refractivity contribution >= 4 is 0 Å². The summed E-state index contributed by atoms with van der Waals surface area (Å²) in [6, 6.07) is 6.40. The van der Waals surface area contributed by atoms with Crippen LogP contribution in [0.15, 0.2) is 18.2 Å². The van der Waals surface area contributed by atoms with Gasteiger partial charge in [-0.3, -0.25) is 0 Å². The van der Waals surface area contributed by atoms with E-state index in [1.165, 1.54) is 5.56 Å². The maximum atomic E-state index is 6.01. The van der Waals surface area contributed by atoms with Crippen LogP contribution < -0.4 is 10.1 Å². The molecule has 1 heterocycles. The molecule has 100 valence electrons. The normalized spacial score (nSPS) is 24.3. The van der Waals surface area contributed by atoms with E-state index in [1.54, 1.807) is 7.11 Å². The summed E-state index contributed by atoms with van der Waals surface area (Å²) in [6.45, 7) is 8.27. The van der Waals surface area contributed by atoms with Crippen LogP contribution >= 0.6 is 0 Å². The molecule has 0 radical (unpaired) electrons. The van der Waals surface area contributed by atoms with Crippen LogP contribution in [0, 0.1) is 0 Å². The van der Waals surface area contributed by atoms with Gasteiger partial charge in [0.1, 0.15) is 5.75 Å². The van der Waals surface area contributed by atoms with E-state index in [4.69, 9.17) is 9.47 Å². The highest BCUT2D eigenvalue weighted by Gasteiger charge is 2.23. The van der Waals surface area contributed by atoms with Gasteiger partial charge in [0.15, 0.2) is 0 Å². The molecule has 0 saturated carbocycles. The molecule has 1 fully saturated rings. The Balaban J connectivity index is 2.31. The SMILES string of the molecule is COc1ccc(C(C)C)cc1C1CNCC(C)O1. The molecule has 1 N–H and O–H groups in total. The van der Waals surface area contributed by atoms with Gasteiger partial charge in [-0.1, -0.05) is 19.9 Å². The molecule has 1 saturated heterocycles. The van der Waals surface area contributed by atoms with E-state index in [-0.39, 0.29) is 12.2 Å². The second kappa shape index (κ2) is 5.72. The number of morpholine rings is 1. The fourth-order valence-corrected chi connectivity index (χ4v) is 2.34. The third-order valence-electron chi connectivity index (χ3n) is 3.43. The predicted octanol–water partition coefficient (Wildman–Crippen LogP) is 2.87. The Kier molecular flexibility index (Phi) is 4.25. The fraction of sp³-hybridized carbons (Fsp3) is 0.600.